The third-order valence-electron chi connectivity index (χ3n) is 4.88. The Bertz CT molecular complexity index is 1140. The molecular weight excluding hydrogens is 412 g/mol. The fourth-order valence-corrected chi connectivity index (χ4v) is 4.48. The molecule has 0 heterocycles. The number of hydrogen-bond donors (Lipinski definition) is 2. The molecule has 0 spiro atoms. The number of methoxy groups -OCH3 is 1. The average Bonchev–Trinajstić information content (AvgIpc) is 2.78. The molecule has 31 heavy (non-hydrogen) atoms. The number of rotatable bonds is 8. The van der Waals surface area contributed by atoms with Crippen LogP contribution in [0.5, 0.6) is 5.75 Å². The summed E-state index contributed by atoms with van der Waals surface area (Å²) < 4.78 is 34.6. The van der Waals surface area contributed by atoms with E-state index >= 15 is 0 Å². The van der Waals surface area contributed by atoms with Crippen LogP contribution in [0, 0.1) is 6.92 Å². The van der Waals surface area contributed by atoms with Gasteiger partial charge in [0.25, 0.3) is 5.91 Å². The second-order valence-electron chi connectivity index (χ2n) is 7.10. The van der Waals surface area contributed by atoms with Gasteiger partial charge < -0.3 is 10.1 Å². The molecule has 2 N–H and O–H groups in total. The largest absolute Gasteiger partial charge is 0.496 e. The molecule has 0 aliphatic carbocycles. The van der Waals surface area contributed by atoms with Crippen molar-refractivity contribution in [1.82, 2.24) is 10.0 Å². The molecule has 3 rings (SSSR count). The topological polar surface area (TPSA) is 84.5 Å². The molecule has 0 aromatic heterocycles. The fourth-order valence-electron chi connectivity index (χ4n) is 3.24. The van der Waals surface area contributed by atoms with E-state index in [1.54, 1.807) is 6.92 Å². The van der Waals surface area contributed by atoms with Gasteiger partial charge in [-0.05, 0) is 43.2 Å². The van der Waals surface area contributed by atoms with Crippen LogP contribution < -0.4 is 14.8 Å². The number of nitrogens with one attached hydrogen (secondary N) is 2. The maximum Gasteiger partial charge on any atom is 0.255 e. The van der Waals surface area contributed by atoms with E-state index in [0.29, 0.717) is 12.3 Å². The molecule has 3 aromatic rings. The van der Waals surface area contributed by atoms with Gasteiger partial charge in [0, 0.05) is 6.54 Å². The molecule has 0 saturated heterocycles. The Hall–Kier alpha value is -3.16. The van der Waals surface area contributed by atoms with Crippen molar-refractivity contribution in [3.05, 3.63) is 95.1 Å². The van der Waals surface area contributed by atoms with Crippen molar-refractivity contribution in [3.8, 4) is 5.75 Å². The number of hydrogen-bond acceptors (Lipinski definition) is 4. The van der Waals surface area contributed by atoms with Gasteiger partial charge >= 0.3 is 0 Å². The zero-order valence-electron chi connectivity index (χ0n) is 17.8. The van der Waals surface area contributed by atoms with E-state index in [4.69, 9.17) is 4.74 Å². The van der Waals surface area contributed by atoms with Crippen LogP contribution >= 0.6 is 0 Å². The summed E-state index contributed by atoms with van der Waals surface area (Å²) in [7, 11) is -2.51. The molecular formula is C24H26N2O4S. The number of benzene rings is 3. The third kappa shape index (κ3) is 5.31. The van der Waals surface area contributed by atoms with Crippen LogP contribution in [0.25, 0.3) is 0 Å². The highest BCUT2D eigenvalue weighted by Gasteiger charge is 2.25. The summed E-state index contributed by atoms with van der Waals surface area (Å²) in [4.78, 5) is 12.4. The zero-order chi connectivity index (χ0) is 22.4. The molecule has 0 saturated carbocycles. The molecule has 0 unspecified atom stereocenters. The smallest absolute Gasteiger partial charge is 0.255 e. The van der Waals surface area contributed by atoms with Gasteiger partial charge in [-0.25, -0.2) is 8.42 Å². The number of carbonyl (C=O) groups excluding carboxylic acids is 1. The van der Waals surface area contributed by atoms with Crippen LogP contribution in [0.3, 0.4) is 0 Å². The molecule has 6 nitrogen and oxygen atoms in total. The zero-order valence-corrected chi connectivity index (χ0v) is 18.6. The monoisotopic (exact) mass is 438 g/mol. The van der Waals surface area contributed by atoms with Gasteiger partial charge in [-0.15, -0.1) is 0 Å². The van der Waals surface area contributed by atoms with Crippen molar-refractivity contribution in [2.75, 3.05) is 13.7 Å². The van der Waals surface area contributed by atoms with Crippen molar-refractivity contribution >= 4 is 15.9 Å². The Kier molecular flexibility index (Phi) is 7.09. The second kappa shape index (κ2) is 9.76. The highest BCUT2D eigenvalue weighted by atomic mass is 32.2. The first-order chi connectivity index (χ1) is 14.9. The van der Waals surface area contributed by atoms with E-state index in [0.717, 1.165) is 16.7 Å². The van der Waals surface area contributed by atoms with Gasteiger partial charge in [0.1, 0.15) is 5.75 Å². The third-order valence-corrected chi connectivity index (χ3v) is 6.30. The fraction of sp³-hybridized carbons (Fsp3) is 0.208. The number of sulfonamides is 1. The summed E-state index contributed by atoms with van der Waals surface area (Å²) in [5.41, 5.74) is 2.88. The van der Waals surface area contributed by atoms with Gasteiger partial charge in [0.2, 0.25) is 10.0 Å². The molecule has 0 bridgehead atoms. The molecule has 3 aromatic carbocycles. The number of ether oxygens (including phenoxy) is 1. The molecule has 0 radical (unpaired) electrons. The van der Waals surface area contributed by atoms with Crippen LogP contribution in [-0.2, 0) is 10.0 Å². The van der Waals surface area contributed by atoms with Crippen molar-refractivity contribution in [2.45, 2.75) is 24.8 Å². The summed E-state index contributed by atoms with van der Waals surface area (Å²) in [6.07, 6.45) is 0. The molecule has 0 fully saturated rings. The lowest BCUT2D eigenvalue weighted by atomic mass is 9.99. The summed E-state index contributed by atoms with van der Waals surface area (Å²) in [5.74, 6) is -0.0856. The Labute approximate surface area is 183 Å². The molecule has 0 aliphatic heterocycles. The van der Waals surface area contributed by atoms with Crippen LogP contribution in [0.4, 0.5) is 0 Å². The molecule has 1 atom stereocenters. The van der Waals surface area contributed by atoms with Gasteiger partial charge in [0.15, 0.2) is 0 Å². The van der Waals surface area contributed by atoms with Gasteiger partial charge in [-0.1, -0.05) is 60.2 Å². The average molecular weight is 439 g/mol. The van der Waals surface area contributed by atoms with Crippen molar-refractivity contribution in [1.29, 1.82) is 0 Å². The van der Waals surface area contributed by atoms with Gasteiger partial charge in [0.05, 0.1) is 23.6 Å². The molecule has 162 valence electrons. The second-order valence-corrected chi connectivity index (χ2v) is 8.81. The Morgan fingerprint density at radius 3 is 2.23 bits per heavy atom. The highest BCUT2D eigenvalue weighted by Crippen LogP contribution is 2.27. The first kappa shape index (κ1) is 22.5. The van der Waals surface area contributed by atoms with E-state index < -0.39 is 22.0 Å². The minimum Gasteiger partial charge on any atom is -0.496 e. The lowest BCUT2D eigenvalue weighted by molar-refractivity contribution is 0.0952. The number of carbonyl (C=O) groups is 1. The lowest BCUT2D eigenvalue weighted by Crippen LogP contribution is -2.30. The molecule has 0 aliphatic rings. The minimum absolute atomic E-state index is 0.0115. The summed E-state index contributed by atoms with van der Waals surface area (Å²) >= 11 is 0. The summed E-state index contributed by atoms with van der Waals surface area (Å²) in [6.45, 7) is 4.19. The first-order valence-corrected chi connectivity index (χ1v) is 11.4. The predicted octanol–water partition coefficient (Wildman–Crippen LogP) is 3.82. The molecule has 1 amide bonds. The van der Waals surface area contributed by atoms with Crippen LogP contribution in [0.1, 0.15) is 40.0 Å². The van der Waals surface area contributed by atoms with E-state index in [9.17, 15) is 13.2 Å². The lowest BCUT2D eigenvalue weighted by Gasteiger charge is -2.20. The predicted molar refractivity (Wildman–Crippen MR) is 121 cm³/mol. The Balaban J connectivity index is 2.02. The van der Waals surface area contributed by atoms with E-state index in [1.165, 1.54) is 25.3 Å². The Morgan fingerprint density at radius 1 is 0.968 bits per heavy atom. The van der Waals surface area contributed by atoms with E-state index in [-0.39, 0.29) is 10.5 Å². The standard InChI is InChI=1S/C24H26N2O4S/c1-4-25-24(27)21-16-20(14-15-22(21)30-3)31(28,29)26-23(18-8-6-5-7-9-18)19-12-10-17(2)11-13-19/h5-16,23,26H,4H2,1-3H3,(H,25,27)/t23-/m0/s1. The SMILES string of the molecule is CCNC(=O)c1cc(S(=O)(=O)N[C@@H](c2ccccc2)c2ccc(C)cc2)ccc1OC. The quantitative estimate of drug-likeness (QED) is 0.560. The Morgan fingerprint density at radius 2 is 1.61 bits per heavy atom. The van der Waals surface area contributed by atoms with E-state index in [1.807, 2.05) is 61.5 Å². The van der Waals surface area contributed by atoms with Crippen LogP contribution in [-0.4, -0.2) is 28.0 Å². The van der Waals surface area contributed by atoms with Crippen LogP contribution in [0.15, 0.2) is 77.7 Å². The van der Waals surface area contributed by atoms with Crippen molar-refractivity contribution in [2.24, 2.45) is 0 Å². The molecule has 7 heteroatoms. The maximum absolute atomic E-state index is 13.3. The van der Waals surface area contributed by atoms with Gasteiger partial charge in [-0.3, -0.25) is 4.79 Å². The first-order valence-electron chi connectivity index (χ1n) is 9.95. The summed E-state index contributed by atoms with van der Waals surface area (Å²) in [5, 5.41) is 2.68. The normalized spacial score (nSPS) is 12.2. The van der Waals surface area contributed by atoms with Crippen LogP contribution in [0.2, 0.25) is 0 Å². The van der Waals surface area contributed by atoms with Crippen molar-refractivity contribution < 1.29 is 17.9 Å². The van der Waals surface area contributed by atoms with E-state index in [2.05, 4.69) is 10.0 Å². The van der Waals surface area contributed by atoms with Gasteiger partial charge in [-0.2, -0.15) is 4.72 Å². The minimum atomic E-state index is -3.95. The highest BCUT2D eigenvalue weighted by molar-refractivity contribution is 7.89. The summed E-state index contributed by atoms with van der Waals surface area (Å²) in [6, 6.07) is 20.7. The maximum atomic E-state index is 13.3. The number of aryl methyl sites for hydroxylation is 1. The van der Waals surface area contributed by atoms with Crippen molar-refractivity contribution in [3.63, 3.8) is 0 Å². The number of amides is 1.